The number of nitrogens with zero attached hydrogens (tertiary/aromatic N) is 3. The molecule has 8 nitrogen and oxygen atoms in total. The Hall–Kier alpha value is -3.81. The van der Waals surface area contributed by atoms with E-state index in [9.17, 15) is 14.4 Å². The maximum absolute atomic E-state index is 12.9. The van der Waals surface area contributed by atoms with Gasteiger partial charge < -0.3 is 9.73 Å². The lowest BCUT2D eigenvalue weighted by molar-refractivity contribution is -0.116. The fraction of sp³-hybridized carbons (Fsp3) is 0.150. The van der Waals surface area contributed by atoms with E-state index >= 15 is 0 Å². The molecular formula is C20H18N4O4. The average molecular weight is 378 g/mol. The summed E-state index contributed by atoms with van der Waals surface area (Å²) >= 11 is 0. The van der Waals surface area contributed by atoms with Gasteiger partial charge in [0, 0.05) is 7.05 Å². The third-order valence-corrected chi connectivity index (χ3v) is 4.69. The molecule has 1 amide bonds. The van der Waals surface area contributed by atoms with Gasteiger partial charge in [-0.25, -0.2) is 9.48 Å². The van der Waals surface area contributed by atoms with Gasteiger partial charge in [-0.3, -0.25) is 18.8 Å². The lowest BCUT2D eigenvalue weighted by Gasteiger charge is -2.07. The van der Waals surface area contributed by atoms with E-state index in [1.807, 2.05) is 30.3 Å². The molecule has 0 aliphatic carbocycles. The number of anilines is 1. The van der Waals surface area contributed by atoms with Crippen molar-refractivity contribution in [1.82, 2.24) is 13.9 Å². The van der Waals surface area contributed by atoms with Gasteiger partial charge in [-0.1, -0.05) is 30.3 Å². The van der Waals surface area contributed by atoms with Crippen molar-refractivity contribution >= 4 is 22.7 Å². The summed E-state index contributed by atoms with van der Waals surface area (Å²) in [5.41, 5.74) is 2.06. The first-order valence-corrected chi connectivity index (χ1v) is 8.69. The first-order chi connectivity index (χ1) is 13.5. The maximum atomic E-state index is 12.9. The molecule has 0 unspecified atom stereocenters. The van der Waals surface area contributed by atoms with Crippen molar-refractivity contribution in [1.29, 1.82) is 0 Å². The van der Waals surface area contributed by atoms with E-state index in [-0.39, 0.29) is 17.8 Å². The molecule has 8 heteroatoms. The highest BCUT2D eigenvalue weighted by Gasteiger charge is 2.19. The van der Waals surface area contributed by atoms with Crippen LogP contribution in [0.5, 0.6) is 0 Å². The minimum Gasteiger partial charge on any atom is -0.408 e. The zero-order valence-electron chi connectivity index (χ0n) is 15.4. The second-order valence-electron chi connectivity index (χ2n) is 6.41. The van der Waals surface area contributed by atoms with Crippen LogP contribution in [0.4, 0.5) is 5.69 Å². The number of hydrogen-bond donors (Lipinski definition) is 1. The molecule has 0 fully saturated rings. The molecule has 4 aromatic rings. The molecule has 0 aliphatic rings. The quantitative estimate of drug-likeness (QED) is 0.588. The summed E-state index contributed by atoms with van der Waals surface area (Å²) in [6.07, 6.45) is 0. The molecule has 2 aromatic carbocycles. The van der Waals surface area contributed by atoms with Crippen LogP contribution in [-0.4, -0.2) is 19.8 Å². The Kier molecular flexibility index (Phi) is 4.23. The van der Waals surface area contributed by atoms with Gasteiger partial charge in [0.05, 0.1) is 16.9 Å². The van der Waals surface area contributed by atoms with Crippen molar-refractivity contribution in [3.8, 4) is 5.69 Å². The van der Waals surface area contributed by atoms with Crippen LogP contribution in [0.1, 0.15) is 5.69 Å². The highest BCUT2D eigenvalue weighted by molar-refractivity contribution is 5.91. The monoisotopic (exact) mass is 378 g/mol. The minimum atomic E-state index is -0.622. The number of carbonyl (C=O) groups is 1. The standard InChI is InChI=1S/C20H18N4O4/c1-13-18(19(26)24(22(13)2)14-8-4-3-5-9-14)21-17(25)12-23-15-10-6-7-11-16(15)28-20(23)27/h3-11H,12H2,1-2H3,(H,21,25). The molecule has 1 N–H and O–H groups in total. The van der Waals surface area contributed by atoms with E-state index in [4.69, 9.17) is 4.42 Å². The Morgan fingerprint density at radius 3 is 2.46 bits per heavy atom. The van der Waals surface area contributed by atoms with E-state index in [0.29, 0.717) is 22.5 Å². The number of para-hydroxylation sites is 3. The highest BCUT2D eigenvalue weighted by atomic mass is 16.4. The molecule has 2 heterocycles. The molecule has 0 bridgehead atoms. The third kappa shape index (κ3) is 2.84. The van der Waals surface area contributed by atoms with Gasteiger partial charge in [0.2, 0.25) is 5.91 Å². The number of fused-ring (bicyclic) bond motifs is 1. The summed E-state index contributed by atoms with van der Waals surface area (Å²) < 4.78 is 9.52. The van der Waals surface area contributed by atoms with Gasteiger partial charge in [-0.05, 0) is 31.2 Å². The Labute approximate surface area is 159 Å². The number of carbonyl (C=O) groups excluding carboxylic acids is 1. The molecule has 0 spiro atoms. The van der Waals surface area contributed by atoms with Crippen LogP contribution >= 0.6 is 0 Å². The molecule has 0 saturated carbocycles. The summed E-state index contributed by atoms with van der Waals surface area (Å²) in [7, 11) is 1.74. The molecule has 0 radical (unpaired) electrons. The van der Waals surface area contributed by atoms with Crippen molar-refractivity contribution in [2.24, 2.45) is 7.05 Å². The van der Waals surface area contributed by atoms with Crippen LogP contribution in [0.2, 0.25) is 0 Å². The van der Waals surface area contributed by atoms with Crippen LogP contribution in [0.15, 0.2) is 68.6 Å². The van der Waals surface area contributed by atoms with Crippen LogP contribution in [0.25, 0.3) is 16.8 Å². The largest absolute Gasteiger partial charge is 0.420 e. The second-order valence-corrected chi connectivity index (χ2v) is 6.41. The number of amides is 1. The van der Waals surface area contributed by atoms with Crippen molar-refractivity contribution < 1.29 is 9.21 Å². The van der Waals surface area contributed by atoms with Crippen molar-refractivity contribution in [3.05, 3.63) is 81.2 Å². The zero-order chi connectivity index (χ0) is 19.8. The number of oxazole rings is 1. The summed E-state index contributed by atoms with van der Waals surface area (Å²) in [6, 6.07) is 16.0. The predicted molar refractivity (Wildman–Crippen MR) is 105 cm³/mol. The zero-order valence-corrected chi connectivity index (χ0v) is 15.4. The smallest absolute Gasteiger partial charge is 0.408 e. The molecule has 0 atom stereocenters. The van der Waals surface area contributed by atoms with Gasteiger partial charge in [-0.15, -0.1) is 0 Å². The molecule has 0 saturated heterocycles. The lowest BCUT2D eigenvalue weighted by atomic mass is 10.3. The number of benzene rings is 2. The van der Waals surface area contributed by atoms with Crippen LogP contribution < -0.4 is 16.6 Å². The van der Waals surface area contributed by atoms with Crippen LogP contribution in [0, 0.1) is 6.92 Å². The van der Waals surface area contributed by atoms with Gasteiger partial charge in [-0.2, -0.15) is 0 Å². The SMILES string of the molecule is Cc1c(NC(=O)Cn2c(=O)oc3ccccc32)c(=O)n(-c2ccccc2)n1C. The predicted octanol–water partition coefficient (Wildman–Crippen LogP) is 2.03. The fourth-order valence-electron chi connectivity index (χ4n) is 3.20. The topological polar surface area (TPSA) is 91.2 Å². The fourth-order valence-corrected chi connectivity index (χ4v) is 3.20. The maximum Gasteiger partial charge on any atom is 0.420 e. The second kappa shape index (κ2) is 6.73. The van der Waals surface area contributed by atoms with Crippen LogP contribution in [-0.2, 0) is 18.4 Å². The van der Waals surface area contributed by atoms with E-state index in [0.717, 1.165) is 0 Å². The van der Waals surface area contributed by atoms with Gasteiger partial charge in [0.15, 0.2) is 5.58 Å². The number of rotatable bonds is 4. The molecule has 2 aromatic heterocycles. The molecule has 4 rings (SSSR count). The number of hydrogen-bond acceptors (Lipinski definition) is 4. The van der Waals surface area contributed by atoms with E-state index in [1.54, 1.807) is 42.9 Å². The lowest BCUT2D eigenvalue weighted by Crippen LogP contribution is -2.27. The summed E-state index contributed by atoms with van der Waals surface area (Å²) in [4.78, 5) is 37.5. The first-order valence-electron chi connectivity index (χ1n) is 8.69. The molecule has 142 valence electrons. The van der Waals surface area contributed by atoms with Crippen molar-refractivity contribution in [3.63, 3.8) is 0 Å². The third-order valence-electron chi connectivity index (χ3n) is 4.69. The highest BCUT2D eigenvalue weighted by Crippen LogP contribution is 2.15. The Morgan fingerprint density at radius 2 is 1.71 bits per heavy atom. The Balaban J connectivity index is 1.66. The number of aromatic nitrogens is 3. The first kappa shape index (κ1) is 17.6. The summed E-state index contributed by atoms with van der Waals surface area (Å²) in [5, 5.41) is 2.65. The van der Waals surface area contributed by atoms with E-state index in [2.05, 4.69) is 5.32 Å². The van der Waals surface area contributed by atoms with Gasteiger partial charge in [0.25, 0.3) is 5.56 Å². The Morgan fingerprint density at radius 1 is 1.04 bits per heavy atom. The van der Waals surface area contributed by atoms with Gasteiger partial charge in [0.1, 0.15) is 12.2 Å². The van der Waals surface area contributed by atoms with E-state index in [1.165, 1.54) is 9.25 Å². The average Bonchev–Trinajstić information content (AvgIpc) is 3.11. The minimum absolute atomic E-state index is 0.178. The Bertz CT molecular complexity index is 1290. The van der Waals surface area contributed by atoms with E-state index < -0.39 is 11.7 Å². The molecule has 28 heavy (non-hydrogen) atoms. The molecule has 0 aliphatic heterocycles. The van der Waals surface area contributed by atoms with Crippen molar-refractivity contribution in [2.45, 2.75) is 13.5 Å². The summed E-state index contributed by atoms with van der Waals surface area (Å²) in [6.45, 7) is 1.49. The number of nitrogens with one attached hydrogen (secondary N) is 1. The van der Waals surface area contributed by atoms with Gasteiger partial charge >= 0.3 is 5.76 Å². The van der Waals surface area contributed by atoms with Crippen molar-refractivity contribution in [2.75, 3.05) is 5.32 Å². The normalized spacial score (nSPS) is 11.1. The molecular weight excluding hydrogens is 360 g/mol. The summed E-state index contributed by atoms with van der Waals surface area (Å²) in [5.74, 6) is -1.11. The van der Waals surface area contributed by atoms with Crippen LogP contribution in [0.3, 0.4) is 0 Å².